The van der Waals surface area contributed by atoms with Crippen molar-refractivity contribution >= 4 is 17.6 Å². The Labute approximate surface area is 124 Å². The Morgan fingerprint density at radius 3 is 2.67 bits per heavy atom. The molecular weight excluding hydrogens is 268 g/mol. The first-order chi connectivity index (χ1) is 10.1. The van der Waals surface area contributed by atoms with E-state index < -0.39 is 6.04 Å². The van der Waals surface area contributed by atoms with Gasteiger partial charge in [-0.05, 0) is 33.1 Å². The van der Waals surface area contributed by atoms with E-state index in [4.69, 9.17) is 0 Å². The van der Waals surface area contributed by atoms with Gasteiger partial charge in [0.05, 0.1) is 5.69 Å². The number of anilines is 1. The van der Waals surface area contributed by atoms with E-state index in [-0.39, 0.29) is 17.9 Å². The Balaban J connectivity index is 1.76. The normalized spacial score (nSPS) is 22.0. The van der Waals surface area contributed by atoms with Gasteiger partial charge in [-0.2, -0.15) is 0 Å². The fourth-order valence-corrected chi connectivity index (χ4v) is 2.91. The molecule has 0 bridgehead atoms. The summed E-state index contributed by atoms with van der Waals surface area (Å²) >= 11 is 0. The number of nitrogens with zero attached hydrogens (tertiary/aromatic N) is 3. The summed E-state index contributed by atoms with van der Waals surface area (Å²) in [4.78, 5) is 34.6. The van der Waals surface area contributed by atoms with E-state index in [0.717, 1.165) is 18.5 Å². The second-order valence-corrected chi connectivity index (χ2v) is 6.00. The lowest BCUT2D eigenvalue weighted by Crippen LogP contribution is -2.45. The summed E-state index contributed by atoms with van der Waals surface area (Å²) < 4.78 is 0. The van der Waals surface area contributed by atoms with Crippen molar-refractivity contribution in [1.29, 1.82) is 0 Å². The zero-order valence-electron chi connectivity index (χ0n) is 12.4. The Morgan fingerprint density at radius 2 is 2.00 bits per heavy atom. The molecular formula is C15H20N4O2. The van der Waals surface area contributed by atoms with Crippen LogP contribution in [0.25, 0.3) is 0 Å². The Bertz CT molecular complexity index is 569. The molecule has 1 aliphatic heterocycles. The minimum absolute atomic E-state index is 0.0283. The van der Waals surface area contributed by atoms with E-state index in [9.17, 15) is 9.59 Å². The molecule has 112 valence electrons. The molecule has 1 aromatic rings. The minimum atomic E-state index is -0.397. The van der Waals surface area contributed by atoms with Crippen LogP contribution in [0.4, 0.5) is 5.82 Å². The number of hydrogen-bond donors (Lipinski definition) is 1. The Hall–Kier alpha value is -1.98. The molecule has 0 radical (unpaired) electrons. The fraction of sp³-hybridized carbons (Fsp3) is 0.600. The summed E-state index contributed by atoms with van der Waals surface area (Å²) in [6.45, 7) is 3.86. The zero-order chi connectivity index (χ0) is 15.0. The average molecular weight is 288 g/mol. The molecule has 1 N–H and O–H groups in total. The zero-order valence-corrected chi connectivity index (χ0v) is 12.4. The third kappa shape index (κ3) is 2.75. The van der Waals surface area contributed by atoms with Crippen LogP contribution in [0.5, 0.6) is 0 Å². The van der Waals surface area contributed by atoms with Gasteiger partial charge < -0.3 is 10.2 Å². The summed E-state index contributed by atoms with van der Waals surface area (Å²) in [6.07, 6.45) is 6.45. The van der Waals surface area contributed by atoms with Gasteiger partial charge >= 0.3 is 0 Å². The van der Waals surface area contributed by atoms with Crippen molar-refractivity contribution in [1.82, 2.24) is 14.9 Å². The van der Waals surface area contributed by atoms with E-state index in [1.54, 1.807) is 17.3 Å². The first-order valence-corrected chi connectivity index (χ1v) is 7.51. The lowest BCUT2D eigenvalue weighted by Gasteiger charge is -2.27. The fourth-order valence-electron chi connectivity index (χ4n) is 2.91. The van der Waals surface area contributed by atoms with Gasteiger partial charge in [-0.1, -0.05) is 0 Å². The van der Waals surface area contributed by atoms with Crippen LogP contribution >= 0.6 is 0 Å². The van der Waals surface area contributed by atoms with Crippen molar-refractivity contribution in [3.8, 4) is 0 Å². The highest BCUT2D eigenvalue weighted by atomic mass is 16.2. The van der Waals surface area contributed by atoms with Crippen molar-refractivity contribution in [2.45, 2.75) is 57.5 Å². The predicted octanol–water partition coefficient (Wildman–Crippen LogP) is 1.69. The van der Waals surface area contributed by atoms with Crippen LogP contribution in [0.2, 0.25) is 0 Å². The van der Waals surface area contributed by atoms with Gasteiger partial charge in [0.2, 0.25) is 11.8 Å². The van der Waals surface area contributed by atoms with Crippen molar-refractivity contribution in [3.05, 3.63) is 18.1 Å². The second kappa shape index (κ2) is 5.42. The molecule has 0 aromatic carbocycles. The monoisotopic (exact) mass is 288 g/mol. The van der Waals surface area contributed by atoms with Gasteiger partial charge in [-0.15, -0.1) is 0 Å². The van der Waals surface area contributed by atoms with Gasteiger partial charge in [0.25, 0.3) is 0 Å². The molecule has 0 unspecified atom stereocenters. The number of carbonyl (C=O) groups is 2. The van der Waals surface area contributed by atoms with E-state index in [0.29, 0.717) is 24.6 Å². The van der Waals surface area contributed by atoms with E-state index in [1.807, 2.05) is 13.8 Å². The number of likely N-dealkylation sites (tertiary alicyclic amines) is 1. The predicted molar refractivity (Wildman–Crippen MR) is 77.6 cm³/mol. The van der Waals surface area contributed by atoms with Gasteiger partial charge in [-0.25, -0.2) is 4.98 Å². The molecule has 3 rings (SSSR count). The first-order valence-electron chi connectivity index (χ1n) is 7.51. The molecule has 2 heterocycles. The highest BCUT2D eigenvalue weighted by Crippen LogP contribution is 2.41. The van der Waals surface area contributed by atoms with Crippen molar-refractivity contribution in [2.75, 3.05) is 5.32 Å². The molecule has 6 heteroatoms. The summed E-state index contributed by atoms with van der Waals surface area (Å²) in [7, 11) is 0. The topological polar surface area (TPSA) is 75.2 Å². The smallest absolute Gasteiger partial charge is 0.248 e. The third-order valence-electron chi connectivity index (χ3n) is 4.05. The van der Waals surface area contributed by atoms with Crippen molar-refractivity contribution in [3.63, 3.8) is 0 Å². The van der Waals surface area contributed by atoms with Crippen molar-refractivity contribution in [2.24, 2.45) is 0 Å². The molecule has 2 amide bonds. The standard InChI is InChI=1S/C15H20N4O2/c1-9(2)19-11(5-6-12(19)20)15(21)18-14-13(10-3-4-10)16-7-8-17-14/h7-11H,3-6H2,1-2H3,(H,17,18,21)/t11-/m0/s1. The summed E-state index contributed by atoms with van der Waals surface area (Å²) in [6, 6.07) is -0.368. The van der Waals surface area contributed by atoms with Crippen LogP contribution in [0.1, 0.15) is 51.1 Å². The maximum atomic E-state index is 12.5. The summed E-state index contributed by atoms with van der Waals surface area (Å²) in [5, 5.41) is 2.87. The SMILES string of the molecule is CC(C)N1C(=O)CC[C@H]1C(=O)Nc1nccnc1C1CC1. The molecule has 2 aliphatic rings. The van der Waals surface area contributed by atoms with Crippen LogP contribution < -0.4 is 5.32 Å². The lowest BCUT2D eigenvalue weighted by atomic mass is 10.2. The lowest BCUT2D eigenvalue weighted by molar-refractivity contribution is -0.135. The molecule has 1 saturated carbocycles. The second-order valence-electron chi connectivity index (χ2n) is 6.00. The highest BCUT2D eigenvalue weighted by Gasteiger charge is 2.38. The molecule has 2 fully saturated rings. The Morgan fingerprint density at radius 1 is 1.29 bits per heavy atom. The molecule has 21 heavy (non-hydrogen) atoms. The van der Waals surface area contributed by atoms with E-state index in [2.05, 4.69) is 15.3 Å². The quantitative estimate of drug-likeness (QED) is 0.915. The molecule has 1 aliphatic carbocycles. The summed E-state index contributed by atoms with van der Waals surface area (Å²) in [5.74, 6) is 0.858. The highest BCUT2D eigenvalue weighted by molar-refractivity contribution is 5.98. The van der Waals surface area contributed by atoms with E-state index >= 15 is 0 Å². The van der Waals surface area contributed by atoms with Gasteiger partial charge in [0, 0.05) is 30.8 Å². The van der Waals surface area contributed by atoms with Crippen LogP contribution in [-0.4, -0.2) is 38.8 Å². The maximum Gasteiger partial charge on any atom is 0.248 e. The molecule has 1 atom stereocenters. The largest absolute Gasteiger partial charge is 0.328 e. The number of nitrogens with one attached hydrogen (secondary N) is 1. The number of hydrogen-bond acceptors (Lipinski definition) is 4. The maximum absolute atomic E-state index is 12.5. The number of amides is 2. The molecule has 1 saturated heterocycles. The minimum Gasteiger partial charge on any atom is -0.328 e. The van der Waals surface area contributed by atoms with Crippen LogP contribution in [0.3, 0.4) is 0 Å². The molecule has 0 spiro atoms. The average Bonchev–Trinajstić information content (AvgIpc) is 3.21. The molecule has 6 nitrogen and oxygen atoms in total. The van der Waals surface area contributed by atoms with Crippen LogP contribution in [0, 0.1) is 0 Å². The van der Waals surface area contributed by atoms with E-state index in [1.165, 1.54) is 0 Å². The van der Waals surface area contributed by atoms with Crippen LogP contribution in [-0.2, 0) is 9.59 Å². The number of carbonyl (C=O) groups excluding carboxylic acids is 2. The third-order valence-corrected chi connectivity index (χ3v) is 4.05. The Kier molecular flexibility index (Phi) is 3.61. The first kappa shape index (κ1) is 14.0. The van der Waals surface area contributed by atoms with Gasteiger partial charge in [0.15, 0.2) is 5.82 Å². The number of aromatic nitrogens is 2. The van der Waals surface area contributed by atoms with Crippen molar-refractivity contribution < 1.29 is 9.59 Å². The summed E-state index contributed by atoms with van der Waals surface area (Å²) in [5.41, 5.74) is 0.867. The molecule has 1 aromatic heterocycles. The van der Waals surface area contributed by atoms with Crippen LogP contribution in [0.15, 0.2) is 12.4 Å². The van der Waals surface area contributed by atoms with Gasteiger partial charge in [0.1, 0.15) is 6.04 Å². The number of rotatable bonds is 4. The van der Waals surface area contributed by atoms with Gasteiger partial charge in [-0.3, -0.25) is 14.6 Å².